The Labute approximate surface area is 287 Å². The van der Waals surface area contributed by atoms with E-state index in [1.807, 2.05) is 12.4 Å². The number of aromatic nitrogens is 2. The Morgan fingerprint density at radius 2 is 1.12 bits per heavy atom. The molecule has 6 aromatic carbocycles. The molecular weight excluding hydrogens is 593 g/mol. The Morgan fingerprint density at radius 3 is 1.88 bits per heavy atom. The van der Waals surface area contributed by atoms with Crippen LogP contribution in [-0.4, -0.2) is 9.97 Å². The standard InChI is InChI=1S/C47H36N2/c1-46(2,3)34-24-26-48-44(30-34)41-29-36(27-32-14-5-6-17-37(32)41)47(42-21-10-8-19-39(42)40-20-9-11-22-43(40)47)35-16-12-15-33(28-35)45-38-18-7-4-13-31(38)23-25-49-45/h4-30H,1-3H3. The zero-order valence-electron chi connectivity index (χ0n) is 28.0. The van der Waals surface area contributed by atoms with Crippen LogP contribution >= 0.6 is 0 Å². The summed E-state index contributed by atoms with van der Waals surface area (Å²) in [7, 11) is 0. The first-order chi connectivity index (χ1) is 23.9. The summed E-state index contributed by atoms with van der Waals surface area (Å²) in [4.78, 5) is 9.94. The van der Waals surface area contributed by atoms with Crippen LogP contribution < -0.4 is 0 Å². The van der Waals surface area contributed by atoms with Crippen molar-refractivity contribution in [3.63, 3.8) is 0 Å². The summed E-state index contributed by atoms with van der Waals surface area (Å²) in [5.41, 5.74) is 12.5. The van der Waals surface area contributed by atoms with E-state index in [-0.39, 0.29) is 5.41 Å². The summed E-state index contributed by atoms with van der Waals surface area (Å²) in [6.07, 6.45) is 3.89. The highest BCUT2D eigenvalue weighted by molar-refractivity contribution is 5.99. The van der Waals surface area contributed by atoms with Gasteiger partial charge in [0.05, 0.1) is 16.8 Å². The molecule has 9 rings (SSSR count). The van der Waals surface area contributed by atoms with Crippen LogP contribution in [0, 0.1) is 0 Å². The van der Waals surface area contributed by atoms with E-state index in [0.717, 1.165) is 27.9 Å². The van der Waals surface area contributed by atoms with Gasteiger partial charge in [-0.25, -0.2) is 0 Å². The van der Waals surface area contributed by atoms with E-state index in [4.69, 9.17) is 9.97 Å². The smallest absolute Gasteiger partial charge is 0.0780 e. The number of rotatable bonds is 4. The number of fused-ring (bicyclic) bond motifs is 5. The van der Waals surface area contributed by atoms with Gasteiger partial charge in [0.2, 0.25) is 0 Å². The molecule has 0 spiro atoms. The van der Waals surface area contributed by atoms with Crippen molar-refractivity contribution < 1.29 is 0 Å². The Balaban J connectivity index is 1.39. The number of hydrogen-bond donors (Lipinski definition) is 0. The fourth-order valence-electron chi connectivity index (χ4n) is 8.06. The van der Waals surface area contributed by atoms with Gasteiger partial charge in [-0.3, -0.25) is 9.97 Å². The van der Waals surface area contributed by atoms with Crippen molar-refractivity contribution >= 4 is 21.5 Å². The number of hydrogen-bond acceptors (Lipinski definition) is 2. The molecule has 2 heterocycles. The van der Waals surface area contributed by atoms with Crippen LogP contribution in [0.5, 0.6) is 0 Å². The lowest BCUT2D eigenvalue weighted by Gasteiger charge is -2.35. The van der Waals surface area contributed by atoms with Crippen molar-refractivity contribution in [3.8, 4) is 33.6 Å². The monoisotopic (exact) mass is 628 g/mol. The van der Waals surface area contributed by atoms with E-state index in [0.29, 0.717) is 0 Å². The molecule has 2 aromatic heterocycles. The van der Waals surface area contributed by atoms with Crippen molar-refractivity contribution in [2.24, 2.45) is 0 Å². The van der Waals surface area contributed by atoms with Crippen LogP contribution in [0.4, 0.5) is 0 Å². The van der Waals surface area contributed by atoms with Gasteiger partial charge in [0.25, 0.3) is 0 Å². The van der Waals surface area contributed by atoms with Gasteiger partial charge >= 0.3 is 0 Å². The third-order valence-electron chi connectivity index (χ3n) is 10.4. The molecule has 0 unspecified atom stereocenters. The molecule has 0 aliphatic heterocycles. The summed E-state index contributed by atoms with van der Waals surface area (Å²) >= 11 is 0. The van der Waals surface area contributed by atoms with Gasteiger partial charge in [-0.2, -0.15) is 0 Å². The molecular formula is C47H36N2. The fraction of sp³-hybridized carbons (Fsp3) is 0.106. The maximum Gasteiger partial charge on any atom is 0.0780 e. The number of benzene rings is 6. The Hall–Kier alpha value is -5.86. The zero-order valence-corrected chi connectivity index (χ0v) is 28.0. The molecule has 8 aromatic rings. The van der Waals surface area contributed by atoms with Gasteiger partial charge < -0.3 is 0 Å². The maximum absolute atomic E-state index is 5.00. The molecule has 0 amide bonds. The van der Waals surface area contributed by atoms with Crippen LogP contribution in [0.3, 0.4) is 0 Å². The van der Waals surface area contributed by atoms with E-state index >= 15 is 0 Å². The second kappa shape index (κ2) is 11.1. The molecule has 0 radical (unpaired) electrons. The largest absolute Gasteiger partial charge is 0.256 e. The van der Waals surface area contributed by atoms with Crippen LogP contribution in [0.2, 0.25) is 0 Å². The summed E-state index contributed by atoms with van der Waals surface area (Å²) in [6, 6.07) is 55.6. The molecule has 1 aliphatic carbocycles. The second-order valence-electron chi connectivity index (χ2n) is 14.2. The van der Waals surface area contributed by atoms with Crippen molar-refractivity contribution in [1.82, 2.24) is 9.97 Å². The van der Waals surface area contributed by atoms with E-state index in [9.17, 15) is 0 Å². The lowest BCUT2D eigenvalue weighted by molar-refractivity contribution is 0.589. The van der Waals surface area contributed by atoms with E-state index < -0.39 is 5.41 Å². The van der Waals surface area contributed by atoms with E-state index in [1.165, 1.54) is 55.1 Å². The molecule has 0 fully saturated rings. The predicted molar refractivity (Wildman–Crippen MR) is 204 cm³/mol. The van der Waals surface area contributed by atoms with Crippen LogP contribution in [0.25, 0.3) is 55.2 Å². The molecule has 1 aliphatic rings. The molecule has 0 N–H and O–H groups in total. The van der Waals surface area contributed by atoms with Gasteiger partial charge in [0, 0.05) is 28.9 Å². The molecule has 2 heteroatoms. The fourth-order valence-corrected chi connectivity index (χ4v) is 8.06. The van der Waals surface area contributed by atoms with Crippen LogP contribution in [0.15, 0.2) is 164 Å². The van der Waals surface area contributed by atoms with Gasteiger partial charge in [-0.15, -0.1) is 0 Å². The number of pyridine rings is 2. The summed E-state index contributed by atoms with van der Waals surface area (Å²) < 4.78 is 0. The lowest BCUT2D eigenvalue weighted by Crippen LogP contribution is -2.28. The van der Waals surface area contributed by atoms with E-state index in [2.05, 4.69) is 172 Å². The third-order valence-corrected chi connectivity index (χ3v) is 10.4. The second-order valence-corrected chi connectivity index (χ2v) is 14.2. The molecule has 2 nitrogen and oxygen atoms in total. The predicted octanol–water partition coefficient (Wildman–Crippen LogP) is 11.8. The minimum absolute atomic E-state index is 0.00570. The number of nitrogens with zero attached hydrogens (tertiary/aromatic N) is 2. The SMILES string of the molecule is CC(C)(C)c1ccnc(-c2cc(C3(c4cccc(-c5nccc6ccccc56)c4)c4ccccc4-c4ccccc43)cc3ccccc23)c1. The Kier molecular flexibility index (Phi) is 6.64. The topological polar surface area (TPSA) is 25.8 Å². The van der Waals surface area contributed by atoms with Gasteiger partial charge in [0.15, 0.2) is 0 Å². The summed E-state index contributed by atoms with van der Waals surface area (Å²) in [6.45, 7) is 6.79. The molecule has 0 saturated heterocycles. The van der Waals surface area contributed by atoms with Crippen LogP contribution in [-0.2, 0) is 10.8 Å². The van der Waals surface area contributed by atoms with Gasteiger partial charge in [0.1, 0.15) is 0 Å². The first kappa shape index (κ1) is 29.3. The average Bonchev–Trinajstić information content (AvgIpc) is 3.45. The molecule has 0 bridgehead atoms. The highest BCUT2D eigenvalue weighted by atomic mass is 14.7. The Bertz CT molecular complexity index is 2500. The van der Waals surface area contributed by atoms with Crippen molar-refractivity contribution in [2.75, 3.05) is 0 Å². The third kappa shape index (κ3) is 4.55. The quantitative estimate of drug-likeness (QED) is 0.194. The molecule has 0 atom stereocenters. The van der Waals surface area contributed by atoms with Crippen molar-refractivity contribution in [3.05, 3.63) is 192 Å². The van der Waals surface area contributed by atoms with Gasteiger partial charge in [-0.05, 0) is 96.9 Å². The van der Waals surface area contributed by atoms with Crippen molar-refractivity contribution in [1.29, 1.82) is 0 Å². The lowest BCUT2D eigenvalue weighted by atomic mass is 9.66. The highest BCUT2D eigenvalue weighted by Crippen LogP contribution is 2.57. The van der Waals surface area contributed by atoms with Crippen molar-refractivity contribution in [2.45, 2.75) is 31.6 Å². The minimum atomic E-state index is -0.575. The average molecular weight is 629 g/mol. The maximum atomic E-state index is 5.00. The summed E-state index contributed by atoms with van der Waals surface area (Å²) in [5.74, 6) is 0. The highest BCUT2D eigenvalue weighted by Gasteiger charge is 2.46. The normalized spacial score (nSPS) is 13.4. The van der Waals surface area contributed by atoms with Gasteiger partial charge in [-0.1, -0.05) is 136 Å². The zero-order chi connectivity index (χ0) is 33.2. The Morgan fingerprint density at radius 1 is 0.469 bits per heavy atom. The van der Waals surface area contributed by atoms with E-state index in [1.54, 1.807) is 0 Å². The summed E-state index contributed by atoms with van der Waals surface area (Å²) in [5, 5.41) is 4.74. The molecule has 49 heavy (non-hydrogen) atoms. The molecule has 234 valence electrons. The first-order valence-corrected chi connectivity index (χ1v) is 17.1. The first-order valence-electron chi connectivity index (χ1n) is 17.1. The molecule has 0 saturated carbocycles. The van der Waals surface area contributed by atoms with Crippen LogP contribution in [0.1, 0.15) is 48.6 Å². The minimum Gasteiger partial charge on any atom is -0.256 e.